The van der Waals surface area contributed by atoms with Gasteiger partial charge in [-0.3, -0.25) is 43.4 Å². The average molecular weight is 1040 g/mol. The summed E-state index contributed by atoms with van der Waals surface area (Å²) in [5.74, 6) is 1.37. The lowest BCUT2D eigenvalue weighted by molar-refractivity contribution is -0.138. The molecular formula is C52H109N5O11S2. The summed E-state index contributed by atoms with van der Waals surface area (Å²) in [5.41, 5.74) is 0. The second kappa shape index (κ2) is 68.0. The van der Waals surface area contributed by atoms with Crippen molar-refractivity contribution >= 4 is 70.7 Å². The summed E-state index contributed by atoms with van der Waals surface area (Å²) in [5, 5.41) is 4.71. The summed E-state index contributed by atoms with van der Waals surface area (Å²) in [6, 6.07) is 0. The van der Waals surface area contributed by atoms with E-state index in [4.69, 9.17) is 14.2 Å². The van der Waals surface area contributed by atoms with Crippen LogP contribution in [0.1, 0.15) is 188 Å². The summed E-state index contributed by atoms with van der Waals surface area (Å²) in [6.07, 6.45) is 12.5. The van der Waals surface area contributed by atoms with E-state index in [1.165, 1.54) is 73.6 Å². The first-order chi connectivity index (χ1) is 33.5. The minimum atomic E-state index is -0.300. The highest BCUT2D eigenvalue weighted by Crippen LogP contribution is 2.25. The number of rotatable bonds is 25. The Morgan fingerprint density at radius 1 is 0.571 bits per heavy atom. The van der Waals surface area contributed by atoms with Crippen molar-refractivity contribution in [1.82, 2.24) is 25.3 Å². The molecule has 70 heavy (non-hydrogen) atoms. The van der Waals surface area contributed by atoms with E-state index >= 15 is 0 Å². The van der Waals surface area contributed by atoms with Crippen LogP contribution in [-0.2, 0) is 52.6 Å². The van der Waals surface area contributed by atoms with Crippen LogP contribution in [0.4, 0.5) is 0 Å². The van der Waals surface area contributed by atoms with Crippen molar-refractivity contribution in [2.75, 3.05) is 92.9 Å². The number of thioether (sulfide) groups is 2. The molecule has 0 spiro atoms. The number of likely N-dealkylation sites (tertiary alicyclic amines) is 2. The summed E-state index contributed by atoms with van der Waals surface area (Å²) in [7, 11) is 8.07. The predicted molar refractivity (Wildman–Crippen MR) is 297 cm³/mol. The van der Waals surface area contributed by atoms with Gasteiger partial charge in [-0.2, -0.15) is 0 Å². The monoisotopic (exact) mass is 1040 g/mol. The van der Waals surface area contributed by atoms with Crippen LogP contribution >= 0.6 is 23.5 Å². The zero-order chi connectivity index (χ0) is 56.3. The molecule has 0 radical (unpaired) electrons. The largest absolute Gasteiger partial charge is 0.372 e. The number of likely N-dealkylation sites (N-methyl/N-ethyl adjacent to an activating group) is 2. The van der Waals surface area contributed by atoms with Crippen LogP contribution in [0.3, 0.4) is 0 Å². The number of hydrogen-bond acceptors (Lipinski definition) is 13. The van der Waals surface area contributed by atoms with Gasteiger partial charge in [0, 0.05) is 86.6 Å². The Hall–Kier alpha value is -3.06. The Kier molecular flexibility index (Phi) is 81.4. The van der Waals surface area contributed by atoms with Crippen LogP contribution in [-0.4, -0.2) is 165 Å². The number of ether oxygens (including phenoxy) is 3. The van der Waals surface area contributed by atoms with Gasteiger partial charge in [0.05, 0.1) is 10.5 Å². The van der Waals surface area contributed by atoms with Gasteiger partial charge >= 0.3 is 0 Å². The molecule has 16 nitrogen and oxygen atoms in total. The van der Waals surface area contributed by atoms with Crippen molar-refractivity contribution in [2.24, 2.45) is 0 Å². The van der Waals surface area contributed by atoms with Crippen LogP contribution in [0.25, 0.3) is 0 Å². The normalized spacial score (nSPS) is 13.6. The van der Waals surface area contributed by atoms with E-state index in [1.807, 2.05) is 90.0 Å². The van der Waals surface area contributed by atoms with Gasteiger partial charge in [-0.1, -0.05) is 128 Å². The molecule has 0 aromatic heterocycles. The molecule has 2 aliphatic heterocycles. The van der Waals surface area contributed by atoms with Crippen molar-refractivity contribution in [2.45, 2.75) is 198 Å². The minimum Gasteiger partial charge on any atom is -0.372 e. The van der Waals surface area contributed by atoms with E-state index in [2.05, 4.69) is 24.5 Å². The SMILES string of the molecule is CC.CC.CC.CC.CC.CCCCCCCC(C)=O.CCCCCCSC1CC(=O)N(C)C1=O.CCOCC(=O)N(C)C.CCOCC(=O)NC.CCOCC(=O)NCCSC1CC(=O)N(C)C1=O. The van der Waals surface area contributed by atoms with Gasteiger partial charge in [0.1, 0.15) is 25.6 Å². The second-order valence-electron chi connectivity index (χ2n) is 13.9. The third-order valence-corrected chi connectivity index (χ3v) is 11.0. The third kappa shape index (κ3) is 57.5. The molecule has 2 fully saturated rings. The number of carbonyl (C=O) groups is 8. The number of unbranched alkanes of at least 4 members (excludes halogenated alkanes) is 7. The number of carbonyl (C=O) groups excluding carboxylic acids is 8. The number of nitrogens with zero attached hydrogens (tertiary/aromatic N) is 3. The highest BCUT2D eigenvalue weighted by atomic mass is 32.2. The zero-order valence-electron chi connectivity index (χ0n) is 48.7. The highest BCUT2D eigenvalue weighted by molar-refractivity contribution is 8.00. The van der Waals surface area contributed by atoms with Gasteiger partial charge < -0.3 is 34.5 Å². The maximum atomic E-state index is 11.6. The van der Waals surface area contributed by atoms with Crippen molar-refractivity contribution in [3.05, 3.63) is 0 Å². The molecule has 2 heterocycles. The second-order valence-corrected chi connectivity index (χ2v) is 16.5. The molecule has 0 aromatic carbocycles. The van der Waals surface area contributed by atoms with Crippen LogP contribution in [0.15, 0.2) is 0 Å². The lowest BCUT2D eigenvalue weighted by Crippen LogP contribution is -2.30. The van der Waals surface area contributed by atoms with Gasteiger partial charge in [-0.25, -0.2) is 0 Å². The van der Waals surface area contributed by atoms with Crippen LogP contribution in [0.2, 0.25) is 0 Å². The van der Waals surface area contributed by atoms with Crippen molar-refractivity contribution < 1.29 is 52.6 Å². The molecule has 2 atom stereocenters. The number of imide groups is 2. The first kappa shape index (κ1) is 83.8. The fourth-order valence-corrected chi connectivity index (χ4v) is 6.94. The summed E-state index contributed by atoms with van der Waals surface area (Å²) in [6.45, 7) is 34.2. The fourth-order valence-electron chi connectivity index (χ4n) is 4.66. The molecule has 2 N–H and O–H groups in total. The molecule has 2 unspecified atom stereocenters. The quantitative estimate of drug-likeness (QED) is 0.0648. The first-order valence-electron chi connectivity index (χ1n) is 26.2. The van der Waals surface area contributed by atoms with Crippen LogP contribution in [0, 0.1) is 0 Å². The third-order valence-electron chi connectivity index (χ3n) is 8.45. The fraction of sp³-hybridized carbons (Fsp3) is 0.846. The number of Topliss-reactive ketones (excluding diaryl/α,β-unsaturated/α-hetero) is 1. The van der Waals surface area contributed by atoms with Crippen LogP contribution < -0.4 is 10.6 Å². The topological polar surface area (TPSA) is 198 Å². The summed E-state index contributed by atoms with van der Waals surface area (Å²) >= 11 is 3.04. The number of hydrogen-bond donors (Lipinski definition) is 2. The number of ketones is 1. The molecule has 18 heteroatoms. The van der Waals surface area contributed by atoms with Crippen molar-refractivity contribution in [3.8, 4) is 0 Å². The first-order valence-corrected chi connectivity index (χ1v) is 28.3. The molecule has 0 bridgehead atoms. The molecule has 0 saturated carbocycles. The lowest BCUT2D eigenvalue weighted by atomic mass is 10.1. The van der Waals surface area contributed by atoms with E-state index in [9.17, 15) is 38.4 Å². The van der Waals surface area contributed by atoms with E-state index in [-0.39, 0.29) is 78.1 Å². The van der Waals surface area contributed by atoms with Gasteiger partial charge in [0.15, 0.2) is 0 Å². The molecule has 0 aliphatic carbocycles. The highest BCUT2D eigenvalue weighted by Gasteiger charge is 2.36. The summed E-state index contributed by atoms with van der Waals surface area (Å²) < 4.78 is 14.6. The van der Waals surface area contributed by atoms with Gasteiger partial charge in [0.25, 0.3) is 0 Å². The molecule has 0 aromatic rings. The standard InChI is InChI=1S/C11H18N2O4S.C11H19NO2S.C9H18O.C6H13NO2.C5H11NO2.5C2H6/c1-3-17-7-9(14)12-4-5-18-8-6-10(15)13(2)11(8)16;1-3-4-5-6-7-15-9-8-10(13)12(2)11(9)14;1-3-4-5-6-7-8-9(2)10;1-4-9-5-6(8)7(2)3;1-3-8-4-5(7)6-2;5*1-2/h8H,3-7H2,1-2H3,(H,12,14);9H,3-8H2,1-2H3;3-8H2,1-2H3;4-5H2,1-3H3;3-4H2,1-2H3,(H,6,7);5*1-2H3. The Morgan fingerprint density at radius 3 is 1.29 bits per heavy atom. The lowest BCUT2D eigenvalue weighted by Gasteiger charge is -2.09. The Morgan fingerprint density at radius 2 is 0.943 bits per heavy atom. The minimum absolute atomic E-state index is 0.0110. The Bertz CT molecular complexity index is 1230. The zero-order valence-corrected chi connectivity index (χ0v) is 50.3. The molecule has 2 rings (SSSR count). The van der Waals surface area contributed by atoms with Gasteiger partial charge in [-0.05, 0) is 46.3 Å². The molecule has 2 saturated heterocycles. The smallest absolute Gasteiger partial charge is 0.248 e. The maximum Gasteiger partial charge on any atom is 0.248 e. The Labute approximate surface area is 438 Å². The van der Waals surface area contributed by atoms with E-state index in [1.54, 1.807) is 46.9 Å². The predicted octanol–water partition coefficient (Wildman–Crippen LogP) is 9.63. The van der Waals surface area contributed by atoms with Gasteiger partial charge in [-0.15, -0.1) is 23.5 Å². The van der Waals surface area contributed by atoms with Crippen LogP contribution in [0.5, 0.6) is 0 Å². The number of nitrogens with one attached hydrogen (secondary N) is 2. The molecule has 2 aliphatic rings. The summed E-state index contributed by atoms with van der Waals surface area (Å²) in [4.78, 5) is 92.2. The van der Waals surface area contributed by atoms with E-state index in [0.29, 0.717) is 44.3 Å². The average Bonchev–Trinajstić information content (AvgIpc) is 3.78. The molecular weight excluding hydrogens is 935 g/mol. The van der Waals surface area contributed by atoms with Crippen molar-refractivity contribution in [1.29, 1.82) is 0 Å². The van der Waals surface area contributed by atoms with Crippen molar-refractivity contribution in [3.63, 3.8) is 0 Å². The molecule has 7 amide bonds. The van der Waals surface area contributed by atoms with E-state index < -0.39 is 0 Å². The van der Waals surface area contributed by atoms with Gasteiger partial charge in [0.2, 0.25) is 41.4 Å². The molecule has 420 valence electrons. The maximum absolute atomic E-state index is 11.6. The number of amides is 7. The van der Waals surface area contributed by atoms with E-state index in [0.717, 1.165) is 29.9 Å². The Balaban J connectivity index is -0.000000112.